The van der Waals surface area contributed by atoms with Gasteiger partial charge in [0.2, 0.25) is 0 Å². The maximum Gasteiger partial charge on any atom is 0.269 e. The number of nitrogens with one attached hydrogen (secondary N) is 4. The molecule has 10 heteroatoms. The number of hydrogen-bond acceptors (Lipinski definition) is 5. The van der Waals surface area contributed by atoms with Crippen LogP contribution in [0.1, 0.15) is 39.3 Å². The average molecular weight is 571 g/mol. The van der Waals surface area contributed by atoms with Crippen molar-refractivity contribution in [1.82, 2.24) is 40.2 Å². The lowest BCUT2D eigenvalue weighted by Gasteiger charge is -2.20. The quantitative estimate of drug-likeness (QED) is 0.174. The Morgan fingerprint density at radius 3 is 2.26 bits per heavy atom. The molecule has 43 heavy (non-hydrogen) atoms. The van der Waals surface area contributed by atoms with Crippen LogP contribution in [0.4, 0.5) is 0 Å². The molecular formula is C33H30N8O2. The van der Waals surface area contributed by atoms with Gasteiger partial charge >= 0.3 is 0 Å². The molecule has 4 aromatic heterocycles. The number of amides is 1. The first-order valence-electron chi connectivity index (χ1n) is 14.2. The predicted molar refractivity (Wildman–Crippen MR) is 164 cm³/mol. The minimum atomic E-state index is -0.494. The van der Waals surface area contributed by atoms with Crippen LogP contribution in [0.5, 0.6) is 5.75 Å². The molecule has 214 valence electrons. The number of aromatic nitrogens is 7. The van der Waals surface area contributed by atoms with Gasteiger partial charge in [-0.25, -0.2) is 0 Å². The maximum atomic E-state index is 13.4. The molecule has 0 radical (unpaired) electrons. The number of aryl methyl sites for hydroxylation is 2. The Labute approximate surface area is 247 Å². The van der Waals surface area contributed by atoms with E-state index in [0.29, 0.717) is 24.4 Å². The van der Waals surface area contributed by atoms with E-state index < -0.39 is 6.04 Å². The average Bonchev–Trinajstić information content (AvgIpc) is 3.86. The summed E-state index contributed by atoms with van der Waals surface area (Å²) in [5, 5.41) is 21.6. The standard InChI is InChI=1S/C33H30N8O2/c1-43-24-13-11-23(12-14-24)41-31(15-10-21-19-34-27-8-4-2-6-25(21)27)39-40-32(41)30(37-33(42)29-16-17-36-38-29)18-22-20-35-28-9-5-3-7-26(22)28/h2-9,11-14,16-17,19-20,30,34-35H,10,15,18H2,1H3,(H,36,38)(H,37,42)/t30-/m1/s1. The smallest absolute Gasteiger partial charge is 0.269 e. The molecule has 0 aliphatic carbocycles. The second kappa shape index (κ2) is 11.3. The molecule has 7 aromatic rings. The number of nitrogens with zero attached hydrogens (tertiary/aromatic N) is 4. The molecule has 4 N–H and O–H groups in total. The fourth-order valence-electron chi connectivity index (χ4n) is 5.66. The molecule has 0 saturated heterocycles. The number of hydrogen-bond donors (Lipinski definition) is 4. The van der Waals surface area contributed by atoms with Gasteiger partial charge in [0.1, 0.15) is 17.3 Å². The van der Waals surface area contributed by atoms with E-state index >= 15 is 0 Å². The molecule has 0 unspecified atom stereocenters. The second-order valence-electron chi connectivity index (χ2n) is 10.4. The molecule has 0 aliphatic rings. The molecule has 10 nitrogen and oxygen atoms in total. The third-order valence-corrected chi connectivity index (χ3v) is 7.84. The lowest BCUT2D eigenvalue weighted by molar-refractivity contribution is 0.0929. The zero-order valence-electron chi connectivity index (χ0n) is 23.5. The third kappa shape index (κ3) is 5.14. The fourth-order valence-corrected chi connectivity index (χ4v) is 5.66. The largest absolute Gasteiger partial charge is 0.497 e. The van der Waals surface area contributed by atoms with Crippen molar-refractivity contribution in [3.8, 4) is 11.4 Å². The number of methoxy groups -OCH3 is 1. The van der Waals surface area contributed by atoms with Gasteiger partial charge in [-0.05, 0) is 60.0 Å². The first-order valence-corrected chi connectivity index (χ1v) is 14.2. The number of rotatable bonds is 10. The Balaban J connectivity index is 1.29. The number of carbonyl (C=O) groups is 1. The van der Waals surface area contributed by atoms with Crippen molar-refractivity contribution in [3.05, 3.63) is 126 Å². The molecule has 0 spiro atoms. The highest BCUT2D eigenvalue weighted by molar-refractivity contribution is 5.92. The number of H-pyrrole nitrogens is 3. The maximum absolute atomic E-state index is 13.4. The van der Waals surface area contributed by atoms with Crippen LogP contribution in [-0.4, -0.2) is 47.9 Å². The highest BCUT2D eigenvalue weighted by Gasteiger charge is 2.26. The van der Waals surface area contributed by atoms with Gasteiger partial charge in [-0.2, -0.15) is 5.10 Å². The highest BCUT2D eigenvalue weighted by Crippen LogP contribution is 2.28. The van der Waals surface area contributed by atoms with Gasteiger partial charge in [0.25, 0.3) is 5.91 Å². The summed E-state index contributed by atoms with van der Waals surface area (Å²) in [5.41, 5.74) is 5.68. The SMILES string of the molecule is COc1ccc(-n2c(CCc3c[nH]c4ccccc34)nnc2[C@@H](Cc2c[nH]c3ccccc23)NC(=O)c2ccn[nH]2)cc1. The van der Waals surface area contributed by atoms with E-state index in [9.17, 15) is 4.79 Å². The first-order chi connectivity index (χ1) is 21.2. The van der Waals surface area contributed by atoms with Crippen molar-refractivity contribution in [2.45, 2.75) is 25.3 Å². The van der Waals surface area contributed by atoms with E-state index in [1.54, 1.807) is 19.4 Å². The van der Waals surface area contributed by atoms with Crippen molar-refractivity contribution in [2.75, 3.05) is 7.11 Å². The van der Waals surface area contributed by atoms with Gasteiger partial charge in [-0.3, -0.25) is 14.5 Å². The summed E-state index contributed by atoms with van der Waals surface area (Å²) in [7, 11) is 1.65. The van der Waals surface area contributed by atoms with Crippen LogP contribution < -0.4 is 10.1 Å². The monoisotopic (exact) mass is 570 g/mol. The minimum Gasteiger partial charge on any atom is -0.497 e. The first kappa shape index (κ1) is 26.3. The molecule has 1 atom stereocenters. The molecule has 3 aromatic carbocycles. The van der Waals surface area contributed by atoms with E-state index in [2.05, 4.69) is 65.6 Å². The van der Waals surface area contributed by atoms with Crippen LogP contribution in [-0.2, 0) is 19.3 Å². The zero-order chi connectivity index (χ0) is 29.2. The summed E-state index contributed by atoms with van der Waals surface area (Å²) in [4.78, 5) is 20.1. The van der Waals surface area contributed by atoms with Crippen LogP contribution >= 0.6 is 0 Å². The molecule has 0 aliphatic heterocycles. The van der Waals surface area contributed by atoms with Crippen molar-refractivity contribution in [1.29, 1.82) is 0 Å². The van der Waals surface area contributed by atoms with Gasteiger partial charge in [0.15, 0.2) is 5.82 Å². The Bertz CT molecular complexity index is 2000. The molecule has 0 fully saturated rings. The van der Waals surface area contributed by atoms with Crippen LogP contribution in [0.15, 0.2) is 97.5 Å². The number of ether oxygens (including phenoxy) is 1. The summed E-state index contributed by atoms with van der Waals surface area (Å²) < 4.78 is 7.48. The molecule has 0 saturated carbocycles. The molecule has 0 bridgehead atoms. The lowest BCUT2D eigenvalue weighted by atomic mass is 10.0. The van der Waals surface area contributed by atoms with Crippen LogP contribution in [0.3, 0.4) is 0 Å². The van der Waals surface area contributed by atoms with Crippen molar-refractivity contribution >= 4 is 27.7 Å². The normalized spacial score (nSPS) is 12.1. The van der Waals surface area contributed by atoms with Gasteiger partial charge in [-0.15, -0.1) is 10.2 Å². The van der Waals surface area contributed by atoms with Gasteiger partial charge in [-0.1, -0.05) is 36.4 Å². The molecule has 7 rings (SSSR count). The van der Waals surface area contributed by atoms with Gasteiger partial charge < -0.3 is 20.0 Å². The topological polar surface area (TPSA) is 129 Å². The fraction of sp³-hybridized carbons (Fsp3) is 0.152. The summed E-state index contributed by atoms with van der Waals surface area (Å²) in [6.07, 6.45) is 7.53. The van der Waals surface area contributed by atoms with Crippen molar-refractivity contribution in [3.63, 3.8) is 0 Å². The van der Waals surface area contributed by atoms with Gasteiger partial charge in [0, 0.05) is 58.9 Å². The Hall–Kier alpha value is -5.64. The van der Waals surface area contributed by atoms with Gasteiger partial charge in [0.05, 0.1) is 13.2 Å². The Kier molecular flexibility index (Phi) is 6.92. The summed E-state index contributed by atoms with van der Waals surface area (Å²) in [6.45, 7) is 0. The van der Waals surface area contributed by atoms with E-state index in [1.165, 1.54) is 10.9 Å². The van der Waals surface area contributed by atoms with E-state index in [1.807, 2.05) is 54.7 Å². The number of fused-ring (bicyclic) bond motifs is 2. The Morgan fingerprint density at radius 1 is 0.860 bits per heavy atom. The zero-order valence-corrected chi connectivity index (χ0v) is 23.5. The van der Waals surface area contributed by atoms with Crippen molar-refractivity contribution in [2.24, 2.45) is 0 Å². The summed E-state index contributed by atoms with van der Waals surface area (Å²) in [6, 6.07) is 25.4. The molecule has 1 amide bonds. The summed E-state index contributed by atoms with van der Waals surface area (Å²) >= 11 is 0. The van der Waals surface area contributed by atoms with Crippen LogP contribution in [0.25, 0.3) is 27.5 Å². The number of para-hydroxylation sites is 2. The number of carbonyl (C=O) groups excluding carboxylic acids is 1. The number of aromatic amines is 3. The highest BCUT2D eigenvalue weighted by atomic mass is 16.5. The van der Waals surface area contributed by atoms with E-state index in [4.69, 9.17) is 9.84 Å². The Morgan fingerprint density at radius 2 is 1.56 bits per heavy atom. The third-order valence-electron chi connectivity index (χ3n) is 7.84. The van der Waals surface area contributed by atoms with Crippen LogP contribution in [0, 0.1) is 0 Å². The van der Waals surface area contributed by atoms with Crippen molar-refractivity contribution < 1.29 is 9.53 Å². The summed E-state index contributed by atoms with van der Waals surface area (Å²) in [5.74, 6) is 1.91. The molecular weight excluding hydrogens is 540 g/mol. The van der Waals surface area contributed by atoms with Crippen LogP contribution in [0.2, 0.25) is 0 Å². The second-order valence-corrected chi connectivity index (χ2v) is 10.4. The van der Waals surface area contributed by atoms with E-state index in [0.717, 1.165) is 45.7 Å². The number of benzene rings is 3. The van der Waals surface area contributed by atoms with E-state index in [-0.39, 0.29) is 5.91 Å². The molecule has 4 heterocycles. The minimum absolute atomic E-state index is 0.271. The lowest BCUT2D eigenvalue weighted by Crippen LogP contribution is -2.32. The predicted octanol–water partition coefficient (Wildman–Crippen LogP) is 5.46.